The minimum Gasteiger partial charge on any atom is -0.454 e. The lowest BCUT2D eigenvalue weighted by Gasteiger charge is -2.27. The maximum absolute atomic E-state index is 12.7. The van der Waals surface area contributed by atoms with Crippen LogP contribution in [0.2, 0.25) is 0 Å². The predicted octanol–water partition coefficient (Wildman–Crippen LogP) is 2.04. The van der Waals surface area contributed by atoms with Crippen molar-refractivity contribution in [3.63, 3.8) is 0 Å². The molecular formula is C19H21N3O4. The zero-order valence-electron chi connectivity index (χ0n) is 14.7. The van der Waals surface area contributed by atoms with E-state index in [4.69, 9.17) is 9.47 Å². The number of amides is 3. The van der Waals surface area contributed by atoms with Crippen LogP contribution in [-0.2, 0) is 11.3 Å². The van der Waals surface area contributed by atoms with Gasteiger partial charge in [0.25, 0.3) is 0 Å². The summed E-state index contributed by atoms with van der Waals surface area (Å²) in [6.07, 6.45) is 0. The van der Waals surface area contributed by atoms with E-state index in [9.17, 15) is 9.59 Å². The highest BCUT2D eigenvalue weighted by atomic mass is 16.7. The molecule has 7 nitrogen and oxygen atoms in total. The monoisotopic (exact) mass is 355 g/mol. The molecule has 0 bridgehead atoms. The van der Waals surface area contributed by atoms with Crippen LogP contribution >= 0.6 is 0 Å². The quantitative estimate of drug-likeness (QED) is 0.858. The molecule has 2 aromatic rings. The van der Waals surface area contributed by atoms with Crippen LogP contribution in [0.15, 0.2) is 48.5 Å². The summed E-state index contributed by atoms with van der Waals surface area (Å²) in [5.74, 6) is 1.02. The number of ether oxygens (including phenoxy) is 2. The Morgan fingerprint density at radius 1 is 1.12 bits per heavy atom. The largest absolute Gasteiger partial charge is 0.454 e. The van der Waals surface area contributed by atoms with Crippen molar-refractivity contribution in [1.29, 1.82) is 0 Å². The van der Waals surface area contributed by atoms with E-state index in [2.05, 4.69) is 10.6 Å². The van der Waals surface area contributed by atoms with Crippen LogP contribution in [0.3, 0.4) is 0 Å². The Bertz CT molecular complexity index is 795. The second kappa shape index (κ2) is 7.88. The second-order valence-corrected chi connectivity index (χ2v) is 5.98. The summed E-state index contributed by atoms with van der Waals surface area (Å²) < 4.78 is 10.7. The van der Waals surface area contributed by atoms with E-state index >= 15 is 0 Å². The highest BCUT2D eigenvalue weighted by molar-refractivity contribution is 5.97. The fourth-order valence-corrected chi connectivity index (χ4v) is 2.90. The molecule has 136 valence electrons. The average Bonchev–Trinajstić information content (AvgIpc) is 3.10. The molecule has 0 radical (unpaired) electrons. The number of nitrogens with zero attached hydrogens (tertiary/aromatic N) is 1. The number of carbonyl (C=O) groups is 2. The van der Waals surface area contributed by atoms with E-state index in [1.807, 2.05) is 60.5 Å². The maximum Gasteiger partial charge on any atom is 0.321 e. The summed E-state index contributed by atoms with van der Waals surface area (Å²) in [4.78, 5) is 26.1. The van der Waals surface area contributed by atoms with Gasteiger partial charge in [-0.3, -0.25) is 15.0 Å². The first-order valence-electron chi connectivity index (χ1n) is 8.25. The van der Waals surface area contributed by atoms with Gasteiger partial charge in [-0.1, -0.05) is 36.4 Å². The van der Waals surface area contributed by atoms with E-state index in [0.29, 0.717) is 18.0 Å². The molecule has 1 aliphatic rings. The summed E-state index contributed by atoms with van der Waals surface area (Å²) in [5, 5.41) is 4.76. The van der Waals surface area contributed by atoms with E-state index in [-0.39, 0.29) is 6.79 Å². The molecular weight excluding hydrogens is 334 g/mol. The third-order valence-electron chi connectivity index (χ3n) is 4.14. The Morgan fingerprint density at radius 3 is 2.58 bits per heavy atom. The number of nitrogens with one attached hydrogen (secondary N) is 2. The summed E-state index contributed by atoms with van der Waals surface area (Å²) in [6, 6.07) is 13.9. The number of fused-ring (bicyclic) bond motifs is 1. The molecule has 3 amide bonds. The molecule has 0 saturated carbocycles. The Hall–Kier alpha value is -3.06. The van der Waals surface area contributed by atoms with Gasteiger partial charge < -0.3 is 14.8 Å². The van der Waals surface area contributed by atoms with Gasteiger partial charge in [-0.2, -0.15) is 0 Å². The lowest BCUT2D eigenvalue weighted by Crippen LogP contribution is -2.44. The van der Waals surface area contributed by atoms with Gasteiger partial charge in [0, 0.05) is 13.6 Å². The van der Waals surface area contributed by atoms with Crippen LogP contribution < -0.4 is 20.1 Å². The van der Waals surface area contributed by atoms with Crippen molar-refractivity contribution in [3.05, 3.63) is 59.7 Å². The number of hydrogen-bond acceptors (Lipinski definition) is 5. The van der Waals surface area contributed by atoms with Crippen LogP contribution in [0.1, 0.15) is 17.2 Å². The lowest BCUT2D eigenvalue weighted by atomic mass is 10.0. The van der Waals surface area contributed by atoms with Crippen LogP contribution in [-0.4, -0.2) is 37.7 Å². The summed E-state index contributed by atoms with van der Waals surface area (Å²) in [7, 11) is 3.31. The Morgan fingerprint density at radius 2 is 1.85 bits per heavy atom. The van der Waals surface area contributed by atoms with E-state index < -0.39 is 18.0 Å². The maximum atomic E-state index is 12.7. The predicted molar refractivity (Wildman–Crippen MR) is 95.8 cm³/mol. The van der Waals surface area contributed by atoms with Crippen molar-refractivity contribution in [1.82, 2.24) is 15.5 Å². The van der Waals surface area contributed by atoms with Gasteiger partial charge in [-0.15, -0.1) is 0 Å². The van der Waals surface area contributed by atoms with Crippen molar-refractivity contribution < 1.29 is 19.1 Å². The van der Waals surface area contributed by atoms with Gasteiger partial charge in [-0.25, -0.2) is 4.79 Å². The fourth-order valence-electron chi connectivity index (χ4n) is 2.90. The molecule has 2 N–H and O–H groups in total. The average molecular weight is 355 g/mol. The zero-order chi connectivity index (χ0) is 18.5. The van der Waals surface area contributed by atoms with Crippen LogP contribution in [0.4, 0.5) is 4.79 Å². The molecule has 0 aromatic heterocycles. The Labute approximate surface area is 151 Å². The van der Waals surface area contributed by atoms with E-state index in [0.717, 1.165) is 11.1 Å². The standard InChI is InChI=1S/C19H21N3O4/c1-20-19(24)21-18(23)17(14-6-4-3-5-7-14)22(2)11-13-8-9-15-16(10-13)26-12-25-15/h3-10,17H,11-12H2,1-2H3,(H2,20,21,23,24)/t17-/m0/s1. The van der Waals surface area contributed by atoms with Crippen molar-refractivity contribution in [2.75, 3.05) is 20.9 Å². The molecule has 26 heavy (non-hydrogen) atoms. The first kappa shape index (κ1) is 17.8. The van der Waals surface area contributed by atoms with Gasteiger partial charge in [0.1, 0.15) is 6.04 Å². The summed E-state index contributed by atoms with van der Waals surface area (Å²) in [6.45, 7) is 0.715. The summed E-state index contributed by atoms with van der Waals surface area (Å²) >= 11 is 0. The number of hydrogen-bond donors (Lipinski definition) is 2. The molecule has 0 fully saturated rings. The van der Waals surface area contributed by atoms with Gasteiger partial charge in [0.2, 0.25) is 12.7 Å². The molecule has 3 rings (SSSR count). The molecule has 0 aliphatic carbocycles. The molecule has 2 aromatic carbocycles. The van der Waals surface area contributed by atoms with Crippen molar-refractivity contribution >= 4 is 11.9 Å². The van der Waals surface area contributed by atoms with E-state index in [1.54, 1.807) is 0 Å². The minimum absolute atomic E-state index is 0.218. The minimum atomic E-state index is -0.612. The number of benzene rings is 2. The number of carbonyl (C=O) groups excluding carboxylic acids is 2. The van der Waals surface area contributed by atoms with Crippen LogP contribution in [0.25, 0.3) is 0 Å². The number of rotatable bonds is 5. The molecule has 1 heterocycles. The molecule has 0 unspecified atom stereocenters. The highest BCUT2D eigenvalue weighted by Crippen LogP contribution is 2.33. The smallest absolute Gasteiger partial charge is 0.321 e. The van der Waals surface area contributed by atoms with Crippen LogP contribution in [0, 0.1) is 0 Å². The summed E-state index contributed by atoms with van der Waals surface area (Å²) in [5.41, 5.74) is 1.78. The SMILES string of the molecule is CNC(=O)NC(=O)[C@H](c1ccccc1)N(C)Cc1ccc2c(c1)OCO2. The first-order chi connectivity index (χ1) is 12.6. The van der Waals surface area contributed by atoms with Gasteiger partial charge in [0.15, 0.2) is 11.5 Å². The van der Waals surface area contributed by atoms with Gasteiger partial charge in [-0.05, 0) is 30.3 Å². The third-order valence-corrected chi connectivity index (χ3v) is 4.14. The number of urea groups is 1. The third kappa shape index (κ3) is 3.94. The number of imide groups is 1. The second-order valence-electron chi connectivity index (χ2n) is 5.98. The van der Waals surface area contributed by atoms with Crippen molar-refractivity contribution in [2.45, 2.75) is 12.6 Å². The number of likely N-dealkylation sites (N-methyl/N-ethyl adjacent to an activating group) is 1. The fraction of sp³-hybridized carbons (Fsp3) is 0.263. The normalized spacial score (nSPS) is 13.3. The molecule has 0 saturated heterocycles. The highest BCUT2D eigenvalue weighted by Gasteiger charge is 2.27. The van der Waals surface area contributed by atoms with Gasteiger partial charge in [0.05, 0.1) is 0 Å². The topological polar surface area (TPSA) is 79.9 Å². The first-order valence-corrected chi connectivity index (χ1v) is 8.25. The lowest BCUT2D eigenvalue weighted by molar-refractivity contribution is -0.125. The molecule has 1 atom stereocenters. The van der Waals surface area contributed by atoms with Crippen LogP contribution in [0.5, 0.6) is 11.5 Å². The van der Waals surface area contributed by atoms with Crippen molar-refractivity contribution in [2.24, 2.45) is 0 Å². The zero-order valence-corrected chi connectivity index (χ0v) is 14.7. The van der Waals surface area contributed by atoms with Crippen molar-refractivity contribution in [3.8, 4) is 11.5 Å². The van der Waals surface area contributed by atoms with E-state index in [1.165, 1.54) is 7.05 Å². The molecule has 1 aliphatic heterocycles. The Balaban J connectivity index is 1.81. The van der Waals surface area contributed by atoms with Gasteiger partial charge >= 0.3 is 6.03 Å². The Kier molecular flexibility index (Phi) is 5.38. The molecule has 7 heteroatoms. The molecule has 0 spiro atoms.